The number of rotatable bonds is 6. The van der Waals surface area contributed by atoms with Crippen LogP contribution in [-0.4, -0.2) is 72.5 Å². The molecule has 24 heavy (non-hydrogen) atoms. The summed E-state index contributed by atoms with van der Waals surface area (Å²) in [6.45, 7) is 12.1. The molecule has 2 aliphatic heterocycles. The van der Waals surface area contributed by atoms with Crippen molar-refractivity contribution in [3.8, 4) is 0 Å². The van der Waals surface area contributed by atoms with Gasteiger partial charge in [-0.3, -0.25) is 4.79 Å². The molecule has 2 heterocycles. The number of nitrogens with zero attached hydrogens (tertiary/aromatic N) is 3. The number of carbonyl (C=O) groups excluding carboxylic acids is 1. The molecule has 0 aromatic carbocycles. The third-order valence-electron chi connectivity index (χ3n) is 6.84. The van der Waals surface area contributed by atoms with Gasteiger partial charge >= 0.3 is 0 Å². The van der Waals surface area contributed by atoms with Gasteiger partial charge in [-0.15, -0.1) is 0 Å². The average Bonchev–Trinajstić information content (AvgIpc) is 3.03. The molecule has 4 heteroatoms. The summed E-state index contributed by atoms with van der Waals surface area (Å²) < 4.78 is 0. The number of amides is 1. The number of hydrogen-bond donors (Lipinski definition) is 0. The van der Waals surface area contributed by atoms with E-state index in [1.54, 1.807) is 0 Å². The maximum atomic E-state index is 13.3. The van der Waals surface area contributed by atoms with E-state index in [4.69, 9.17) is 0 Å². The molecule has 1 aliphatic carbocycles. The summed E-state index contributed by atoms with van der Waals surface area (Å²) in [4.78, 5) is 20.7. The van der Waals surface area contributed by atoms with Gasteiger partial charge in [-0.25, -0.2) is 0 Å². The molecule has 1 spiro atoms. The minimum atomic E-state index is -0.0427. The van der Waals surface area contributed by atoms with E-state index in [2.05, 4.69) is 28.5 Å². The molecule has 138 valence electrons. The lowest BCUT2D eigenvalue weighted by atomic mass is 9.77. The molecule has 0 aromatic heterocycles. The predicted molar refractivity (Wildman–Crippen MR) is 99.1 cm³/mol. The maximum absolute atomic E-state index is 13.3. The molecule has 1 saturated carbocycles. The van der Waals surface area contributed by atoms with E-state index in [9.17, 15) is 4.79 Å². The third-order valence-corrected chi connectivity index (χ3v) is 6.84. The van der Waals surface area contributed by atoms with Crippen LogP contribution in [0.25, 0.3) is 0 Å². The van der Waals surface area contributed by atoms with Crippen LogP contribution in [0, 0.1) is 5.41 Å². The van der Waals surface area contributed by atoms with Gasteiger partial charge in [0.1, 0.15) is 0 Å². The summed E-state index contributed by atoms with van der Waals surface area (Å²) in [5.41, 5.74) is -0.0427. The molecule has 0 radical (unpaired) electrons. The number of likely N-dealkylation sites (tertiary alicyclic amines) is 2. The minimum absolute atomic E-state index is 0.0427. The maximum Gasteiger partial charge on any atom is 0.230 e. The molecule has 2 saturated heterocycles. The molecule has 0 bridgehead atoms. The Kier molecular flexibility index (Phi) is 6.20. The molecule has 0 N–H and O–H groups in total. The van der Waals surface area contributed by atoms with Crippen LogP contribution in [0.5, 0.6) is 0 Å². The van der Waals surface area contributed by atoms with Crippen LogP contribution < -0.4 is 0 Å². The van der Waals surface area contributed by atoms with E-state index in [0.717, 1.165) is 58.7 Å². The van der Waals surface area contributed by atoms with E-state index < -0.39 is 0 Å². The monoisotopic (exact) mass is 335 g/mol. The van der Waals surface area contributed by atoms with Gasteiger partial charge < -0.3 is 14.7 Å². The van der Waals surface area contributed by atoms with Crippen molar-refractivity contribution < 1.29 is 4.79 Å². The lowest BCUT2D eigenvalue weighted by Gasteiger charge is -2.44. The van der Waals surface area contributed by atoms with E-state index in [1.807, 2.05) is 0 Å². The van der Waals surface area contributed by atoms with E-state index in [1.165, 1.54) is 38.5 Å². The Bertz CT molecular complexity index is 417. The highest BCUT2D eigenvalue weighted by molar-refractivity contribution is 5.84. The molecular weight excluding hydrogens is 298 g/mol. The summed E-state index contributed by atoms with van der Waals surface area (Å²) in [5, 5.41) is 0. The number of carbonyl (C=O) groups is 1. The van der Waals surface area contributed by atoms with Gasteiger partial charge in [0.15, 0.2) is 0 Å². The fraction of sp³-hybridized carbons (Fsp3) is 0.950. The van der Waals surface area contributed by atoms with Crippen LogP contribution in [0.1, 0.15) is 65.2 Å². The highest BCUT2D eigenvalue weighted by Crippen LogP contribution is 2.41. The molecule has 1 atom stereocenters. The summed E-state index contributed by atoms with van der Waals surface area (Å²) in [6.07, 6.45) is 9.91. The Morgan fingerprint density at radius 1 is 1.04 bits per heavy atom. The third kappa shape index (κ3) is 3.80. The van der Waals surface area contributed by atoms with Crippen molar-refractivity contribution in [2.24, 2.45) is 5.41 Å². The first kappa shape index (κ1) is 18.2. The van der Waals surface area contributed by atoms with E-state index >= 15 is 0 Å². The van der Waals surface area contributed by atoms with E-state index in [-0.39, 0.29) is 5.41 Å². The van der Waals surface area contributed by atoms with Crippen LogP contribution in [0.15, 0.2) is 0 Å². The lowest BCUT2D eigenvalue weighted by Crippen LogP contribution is -2.54. The SMILES string of the molecule is CCN(CC)CCN1CCC2(CCCN(C3CCCCC3)C2=O)C1. The number of piperidine rings is 1. The number of likely N-dealkylation sites (N-methyl/N-ethyl adjacent to an activating group) is 1. The van der Waals surface area contributed by atoms with Crippen molar-refractivity contribution in [3.63, 3.8) is 0 Å². The predicted octanol–water partition coefficient (Wildman–Crippen LogP) is 2.98. The quantitative estimate of drug-likeness (QED) is 0.747. The fourth-order valence-corrected chi connectivity index (χ4v) is 5.19. The van der Waals surface area contributed by atoms with Gasteiger partial charge in [0.25, 0.3) is 0 Å². The zero-order chi connectivity index (χ0) is 17.0. The molecule has 3 aliphatic rings. The summed E-state index contributed by atoms with van der Waals surface area (Å²) in [6, 6.07) is 0.549. The Hall–Kier alpha value is -0.610. The largest absolute Gasteiger partial charge is 0.339 e. The van der Waals surface area contributed by atoms with E-state index in [0.29, 0.717) is 11.9 Å². The molecular formula is C20H37N3O. The number of hydrogen-bond acceptors (Lipinski definition) is 3. The highest BCUT2D eigenvalue weighted by atomic mass is 16.2. The van der Waals surface area contributed by atoms with Crippen LogP contribution in [0.4, 0.5) is 0 Å². The highest BCUT2D eigenvalue weighted by Gasteiger charge is 2.49. The first-order chi connectivity index (χ1) is 11.7. The second kappa shape index (κ2) is 8.18. The topological polar surface area (TPSA) is 26.8 Å². The zero-order valence-corrected chi connectivity index (χ0v) is 15.9. The van der Waals surface area contributed by atoms with Crippen LogP contribution in [0.3, 0.4) is 0 Å². The Balaban J connectivity index is 1.57. The van der Waals surface area contributed by atoms with Crippen LogP contribution >= 0.6 is 0 Å². The van der Waals surface area contributed by atoms with Gasteiger partial charge in [0.2, 0.25) is 5.91 Å². The molecule has 0 aromatic rings. The Labute approximate surface area is 148 Å². The van der Waals surface area contributed by atoms with Gasteiger partial charge in [0.05, 0.1) is 5.41 Å². The van der Waals surface area contributed by atoms with Crippen molar-refractivity contribution in [2.75, 3.05) is 45.8 Å². The van der Waals surface area contributed by atoms with Crippen molar-refractivity contribution in [3.05, 3.63) is 0 Å². The molecule has 4 nitrogen and oxygen atoms in total. The first-order valence-corrected chi connectivity index (χ1v) is 10.4. The van der Waals surface area contributed by atoms with Crippen molar-refractivity contribution in [1.29, 1.82) is 0 Å². The normalized spacial score (nSPS) is 30.0. The molecule has 3 fully saturated rings. The minimum Gasteiger partial charge on any atom is -0.339 e. The molecule has 3 rings (SSSR count). The van der Waals surface area contributed by atoms with Crippen molar-refractivity contribution in [1.82, 2.24) is 14.7 Å². The smallest absolute Gasteiger partial charge is 0.230 e. The summed E-state index contributed by atoms with van der Waals surface area (Å²) in [7, 11) is 0. The van der Waals surface area contributed by atoms with Crippen LogP contribution in [-0.2, 0) is 4.79 Å². The van der Waals surface area contributed by atoms with Gasteiger partial charge in [-0.05, 0) is 51.7 Å². The first-order valence-electron chi connectivity index (χ1n) is 10.4. The molecule has 1 unspecified atom stereocenters. The van der Waals surface area contributed by atoms with Gasteiger partial charge in [0, 0.05) is 32.2 Å². The van der Waals surface area contributed by atoms with Gasteiger partial charge in [-0.2, -0.15) is 0 Å². The summed E-state index contributed by atoms with van der Waals surface area (Å²) >= 11 is 0. The standard InChI is InChI=1S/C20H37N3O/c1-3-21(4-2)15-16-22-14-12-20(17-22)11-8-13-23(19(20)24)18-9-6-5-7-10-18/h18H,3-17H2,1-2H3. The van der Waals surface area contributed by atoms with Crippen LogP contribution in [0.2, 0.25) is 0 Å². The van der Waals surface area contributed by atoms with Crippen molar-refractivity contribution in [2.45, 2.75) is 71.3 Å². The fourth-order valence-electron chi connectivity index (χ4n) is 5.19. The Morgan fingerprint density at radius 2 is 1.79 bits per heavy atom. The molecule has 1 amide bonds. The second-order valence-corrected chi connectivity index (χ2v) is 8.23. The zero-order valence-electron chi connectivity index (χ0n) is 15.9. The van der Waals surface area contributed by atoms with Crippen molar-refractivity contribution >= 4 is 5.91 Å². The average molecular weight is 336 g/mol. The lowest BCUT2D eigenvalue weighted by molar-refractivity contribution is -0.149. The second-order valence-electron chi connectivity index (χ2n) is 8.23. The summed E-state index contributed by atoms with van der Waals surface area (Å²) in [5.74, 6) is 0.506. The Morgan fingerprint density at radius 3 is 2.50 bits per heavy atom. The van der Waals surface area contributed by atoms with Gasteiger partial charge in [-0.1, -0.05) is 33.1 Å².